The van der Waals surface area contributed by atoms with E-state index in [1.54, 1.807) is 0 Å². The molecule has 0 saturated heterocycles. The molecule has 0 radical (unpaired) electrons. The lowest BCUT2D eigenvalue weighted by molar-refractivity contribution is -0.161. The quantitative estimate of drug-likeness (QED) is 0.0146. The Morgan fingerprint density at radius 2 is 0.538 bits per heavy atom. The van der Waals surface area contributed by atoms with Gasteiger partial charge < -0.3 is 34.2 Å². The third-order valence-electron chi connectivity index (χ3n) is 13.4. The summed E-state index contributed by atoms with van der Waals surface area (Å²) in [5, 5.41) is 20.6. The van der Waals surface area contributed by atoms with Crippen LogP contribution < -0.4 is 0 Å². The number of hydrogen-bond acceptors (Lipinski definition) is 14. The molecule has 16 nitrogen and oxygen atoms in total. The van der Waals surface area contributed by atoms with Gasteiger partial charge in [0.25, 0.3) is 0 Å². The van der Waals surface area contributed by atoms with Gasteiger partial charge in [0.05, 0.1) is 26.4 Å². The normalized spacial score (nSPS) is 15.2. The van der Waals surface area contributed by atoms with E-state index < -0.39 is 91.5 Å². The summed E-state index contributed by atoms with van der Waals surface area (Å²) >= 11 is 0. The number of aliphatic hydroxyl groups excluding tert-OH is 2. The highest BCUT2D eigenvalue weighted by molar-refractivity contribution is 7.47. The van der Waals surface area contributed by atoms with E-state index in [1.807, 2.05) is 0 Å². The smallest absolute Gasteiger partial charge is 0.463 e. The molecular weight excluding hydrogens is 1220 g/mol. The van der Waals surface area contributed by atoms with Gasteiger partial charge in [0, 0.05) is 19.3 Å². The number of hydrogen-bond donors (Lipinski definition) is 4. The number of carbonyl (C=O) groups is 3. The summed E-state index contributed by atoms with van der Waals surface area (Å²) in [4.78, 5) is 58.4. The van der Waals surface area contributed by atoms with Crippen LogP contribution in [0.5, 0.6) is 0 Å². The van der Waals surface area contributed by atoms with Crippen LogP contribution in [0.15, 0.2) is 170 Å². The van der Waals surface area contributed by atoms with Crippen molar-refractivity contribution in [2.45, 2.75) is 245 Å². The fraction of sp³-hybridized carbons (Fsp3) is 0.587. The Balaban J connectivity index is 4.73. The minimum Gasteiger partial charge on any atom is -0.463 e. The number of rotatable bonds is 63. The molecule has 0 aliphatic carbocycles. The lowest BCUT2D eigenvalue weighted by atomic mass is 10.1. The van der Waals surface area contributed by atoms with Crippen LogP contribution in [-0.2, 0) is 55.8 Å². The predicted molar refractivity (Wildman–Crippen MR) is 380 cm³/mol. The summed E-state index contributed by atoms with van der Waals surface area (Å²) in [6.07, 6.45) is 82.6. The van der Waals surface area contributed by atoms with Crippen molar-refractivity contribution in [2.75, 3.05) is 39.6 Å². The van der Waals surface area contributed by atoms with E-state index in [9.17, 15) is 43.5 Å². The highest BCUT2D eigenvalue weighted by Gasteiger charge is 2.29. The van der Waals surface area contributed by atoms with Crippen LogP contribution in [0.3, 0.4) is 0 Å². The molecular formula is C75H120O16P2. The molecule has 5 unspecified atom stereocenters. The Hall–Kier alpha value is -5.09. The maximum Gasteiger partial charge on any atom is 0.472 e. The van der Waals surface area contributed by atoms with E-state index >= 15 is 0 Å². The first-order valence-corrected chi connectivity index (χ1v) is 37.4. The third-order valence-corrected chi connectivity index (χ3v) is 15.3. The molecule has 526 valence electrons. The van der Waals surface area contributed by atoms with Crippen LogP contribution in [0.25, 0.3) is 0 Å². The second-order valence-electron chi connectivity index (χ2n) is 22.2. The summed E-state index contributed by atoms with van der Waals surface area (Å²) in [6.45, 7) is 2.20. The molecule has 0 aromatic rings. The second-order valence-corrected chi connectivity index (χ2v) is 25.1. The number of allylic oxidation sites excluding steroid dienone is 28. The van der Waals surface area contributed by atoms with E-state index in [4.69, 9.17) is 32.3 Å². The molecule has 0 aromatic heterocycles. The van der Waals surface area contributed by atoms with Crippen LogP contribution in [0.2, 0.25) is 0 Å². The summed E-state index contributed by atoms with van der Waals surface area (Å²) in [5.41, 5.74) is 0. The molecule has 0 saturated carbocycles. The van der Waals surface area contributed by atoms with E-state index in [0.717, 1.165) is 167 Å². The van der Waals surface area contributed by atoms with Gasteiger partial charge in [-0.15, -0.1) is 0 Å². The summed E-state index contributed by atoms with van der Waals surface area (Å²) < 4.78 is 60.8. The van der Waals surface area contributed by atoms with E-state index in [1.165, 1.54) is 0 Å². The zero-order chi connectivity index (χ0) is 68.1. The summed E-state index contributed by atoms with van der Waals surface area (Å²) in [7, 11) is -9.82. The van der Waals surface area contributed by atoms with Gasteiger partial charge in [-0.1, -0.05) is 229 Å². The SMILES string of the molecule is CC/C=C\C/C=C\C/C=C\C/C=C\C/C=C\C/C=C\CCCCCCC(=O)OCC(O)COP(=O)(O)OCC(O)COP(=O)(O)OCC(COC(=O)CCCCC/C=C\C/C=C\C/C=C\C/C=C\C/C=C\CC)OC(=O)CCCCCCC/C=C\C/C=C\C/C=C\CC. The lowest BCUT2D eigenvalue weighted by Crippen LogP contribution is -2.30. The first-order valence-electron chi connectivity index (χ1n) is 34.4. The predicted octanol–water partition coefficient (Wildman–Crippen LogP) is 19.3. The van der Waals surface area contributed by atoms with Crippen molar-refractivity contribution < 1.29 is 75.8 Å². The van der Waals surface area contributed by atoms with Gasteiger partial charge in [0.1, 0.15) is 25.4 Å². The monoisotopic (exact) mass is 1340 g/mol. The molecule has 4 N–H and O–H groups in total. The van der Waals surface area contributed by atoms with Crippen molar-refractivity contribution in [1.29, 1.82) is 0 Å². The maximum absolute atomic E-state index is 12.9. The molecule has 0 bridgehead atoms. The minimum absolute atomic E-state index is 0.0699. The maximum atomic E-state index is 12.9. The Morgan fingerprint density at radius 3 is 0.860 bits per heavy atom. The zero-order valence-corrected chi connectivity index (χ0v) is 58.6. The molecule has 0 spiro atoms. The van der Waals surface area contributed by atoms with Gasteiger partial charge >= 0.3 is 33.6 Å². The van der Waals surface area contributed by atoms with Crippen LogP contribution in [0.4, 0.5) is 0 Å². The molecule has 0 fully saturated rings. The van der Waals surface area contributed by atoms with Crippen molar-refractivity contribution in [3.05, 3.63) is 170 Å². The van der Waals surface area contributed by atoms with Crippen molar-refractivity contribution in [1.82, 2.24) is 0 Å². The molecule has 93 heavy (non-hydrogen) atoms. The summed E-state index contributed by atoms with van der Waals surface area (Å²) in [6, 6.07) is 0. The molecule has 0 aliphatic heterocycles. The average molecular weight is 1340 g/mol. The van der Waals surface area contributed by atoms with Gasteiger partial charge in [0.15, 0.2) is 6.10 Å². The van der Waals surface area contributed by atoms with E-state index in [-0.39, 0.29) is 19.3 Å². The second kappa shape index (κ2) is 66.9. The fourth-order valence-electron chi connectivity index (χ4n) is 8.26. The average Bonchev–Trinajstić information content (AvgIpc) is 3.74. The Morgan fingerprint density at radius 1 is 0.301 bits per heavy atom. The van der Waals surface area contributed by atoms with Crippen LogP contribution >= 0.6 is 15.6 Å². The highest BCUT2D eigenvalue weighted by atomic mass is 31.2. The van der Waals surface area contributed by atoms with Crippen LogP contribution in [-0.4, -0.2) is 95.9 Å². The number of esters is 3. The molecule has 0 amide bonds. The Bertz CT molecular complexity index is 2370. The largest absolute Gasteiger partial charge is 0.472 e. The van der Waals surface area contributed by atoms with Crippen LogP contribution in [0.1, 0.15) is 226 Å². The fourth-order valence-corrected chi connectivity index (χ4v) is 9.84. The minimum atomic E-state index is -4.95. The topological polar surface area (TPSA) is 231 Å². The van der Waals surface area contributed by atoms with Crippen molar-refractivity contribution >= 4 is 33.6 Å². The van der Waals surface area contributed by atoms with Crippen molar-refractivity contribution in [3.8, 4) is 0 Å². The number of phosphoric ester groups is 2. The molecule has 0 rings (SSSR count). The molecule has 0 aliphatic rings. The van der Waals surface area contributed by atoms with Gasteiger partial charge in [-0.2, -0.15) is 0 Å². The highest BCUT2D eigenvalue weighted by Crippen LogP contribution is 2.45. The van der Waals surface area contributed by atoms with Crippen LogP contribution in [0, 0.1) is 0 Å². The van der Waals surface area contributed by atoms with Gasteiger partial charge in [0.2, 0.25) is 0 Å². The first kappa shape index (κ1) is 87.9. The van der Waals surface area contributed by atoms with E-state index in [2.05, 4.69) is 191 Å². The number of ether oxygens (including phenoxy) is 3. The Labute approximate surface area is 561 Å². The third kappa shape index (κ3) is 68.1. The molecule has 5 atom stereocenters. The number of aliphatic hydroxyl groups is 2. The number of unbranched alkanes of at least 4 members (excludes halogenated alkanes) is 12. The molecule has 0 aromatic carbocycles. The lowest BCUT2D eigenvalue weighted by Gasteiger charge is -2.21. The zero-order valence-electron chi connectivity index (χ0n) is 56.9. The standard InChI is InChI=1S/C75H120O16P2/c1-4-7-10-13-16-19-22-25-28-30-32-33-34-35-37-39-41-43-46-49-52-55-58-61-73(78)85-64-70(76)65-87-92(81,82)88-66-71(77)67-89-93(83,84)90-69-72(91-75(80)63-60-57-54-51-48-45-40-27-24-21-18-15-12-9-6-3)68-86-74(79)62-59-56-53-50-47-44-42-38-36-31-29-26-23-20-17-14-11-8-5-2/h7-12,16-21,25-29,32-33,35-38,40-41,43-44,47,70-72,76-77H,4-6,13-15,22-24,30-31,34,39,42,45-46,48-69H2,1-3H3,(H,81,82)(H,83,84)/b10-7-,11-8-,12-9-,19-16-,20-17-,21-18-,28-25-,29-26-,33-32-,37-35-,38-36-,40-27-,43-41-,47-44-. The van der Waals surface area contributed by atoms with Gasteiger partial charge in [-0.3, -0.25) is 32.5 Å². The number of carbonyl (C=O) groups excluding carboxylic acids is 3. The first-order chi connectivity index (χ1) is 45.2. The summed E-state index contributed by atoms with van der Waals surface area (Å²) in [5.74, 6) is -1.67. The van der Waals surface area contributed by atoms with Crippen molar-refractivity contribution in [3.63, 3.8) is 0 Å². The van der Waals surface area contributed by atoms with E-state index in [0.29, 0.717) is 19.3 Å². The molecule has 18 heteroatoms. The van der Waals surface area contributed by atoms with Gasteiger partial charge in [-0.25, -0.2) is 9.13 Å². The van der Waals surface area contributed by atoms with Gasteiger partial charge in [-0.05, 0) is 148 Å². The molecule has 0 heterocycles. The number of phosphoric acid groups is 2. The Kier molecular flexibility index (Phi) is 63.2. The van der Waals surface area contributed by atoms with Crippen molar-refractivity contribution in [2.24, 2.45) is 0 Å².